The number of hydrogen-bond donors (Lipinski definition) is 2. The van der Waals surface area contributed by atoms with Crippen LogP contribution in [0.25, 0.3) is 0 Å². The summed E-state index contributed by atoms with van der Waals surface area (Å²) in [7, 11) is 1.57. The molecular weight excluding hydrogens is 452 g/mol. The van der Waals surface area contributed by atoms with Crippen molar-refractivity contribution in [3.63, 3.8) is 0 Å². The van der Waals surface area contributed by atoms with Crippen molar-refractivity contribution in [3.05, 3.63) is 76.6 Å². The molecule has 1 aliphatic heterocycles. The molecule has 0 fully saturated rings. The van der Waals surface area contributed by atoms with E-state index in [0.29, 0.717) is 41.4 Å². The van der Waals surface area contributed by atoms with Gasteiger partial charge >= 0.3 is 0 Å². The van der Waals surface area contributed by atoms with Crippen LogP contribution in [0.2, 0.25) is 0 Å². The van der Waals surface area contributed by atoms with E-state index in [-0.39, 0.29) is 17.1 Å². The van der Waals surface area contributed by atoms with E-state index < -0.39 is 5.92 Å². The summed E-state index contributed by atoms with van der Waals surface area (Å²) in [6.45, 7) is 8.82. The summed E-state index contributed by atoms with van der Waals surface area (Å²) in [5, 5.41) is 6.45. The van der Waals surface area contributed by atoms with Gasteiger partial charge < -0.3 is 20.1 Å². The topological polar surface area (TPSA) is 76.7 Å². The molecule has 4 rings (SSSR count). The largest absolute Gasteiger partial charge is 0.495 e. The van der Waals surface area contributed by atoms with E-state index in [1.807, 2.05) is 43.3 Å². The first-order valence-electron chi connectivity index (χ1n) is 12.7. The number of methoxy groups -OCH3 is 1. The smallest absolute Gasteiger partial charge is 0.254 e. The number of carbonyl (C=O) groups excluding carboxylic acids is 2. The van der Waals surface area contributed by atoms with Crippen molar-refractivity contribution in [3.8, 4) is 11.5 Å². The van der Waals surface area contributed by atoms with Crippen molar-refractivity contribution in [1.29, 1.82) is 0 Å². The Morgan fingerprint density at radius 1 is 1.08 bits per heavy atom. The maximum absolute atomic E-state index is 13.9. The van der Waals surface area contributed by atoms with Crippen LogP contribution in [0.3, 0.4) is 0 Å². The summed E-state index contributed by atoms with van der Waals surface area (Å²) in [4.78, 5) is 27.5. The third-order valence-corrected chi connectivity index (χ3v) is 6.82. The number of rotatable bonds is 8. The molecule has 2 N–H and O–H groups in total. The highest BCUT2D eigenvalue weighted by atomic mass is 16.5. The fourth-order valence-electron chi connectivity index (χ4n) is 5.16. The number of unbranched alkanes of at least 4 members (excludes halogenated alkanes) is 1. The number of benzene rings is 2. The molecule has 6 nitrogen and oxygen atoms in total. The van der Waals surface area contributed by atoms with Gasteiger partial charge in [0.2, 0.25) is 0 Å². The Hall–Kier alpha value is -3.54. The molecule has 1 amide bonds. The molecule has 2 aliphatic rings. The molecule has 1 atom stereocenters. The predicted molar refractivity (Wildman–Crippen MR) is 142 cm³/mol. The summed E-state index contributed by atoms with van der Waals surface area (Å²) >= 11 is 0. The number of nitrogens with one attached hydrogen (secondary N) is 2. The second kappa shape index (κ2) is 10.6. The highest BCUT2D eigenvalue weighted by Crippen LogP contribution is 2.48. The fourth-order valence-corrected chi connectivity index (χ4v) is 5.16. The number of ether oxygens (including phenoxy) is 2. The molecule has 0 unspecified atom stereocenters. The first kappa shape index (κ1) is 25.5. The van der Waals surface area contributed by atoms with Gasteiger partial charge in [0, 0.05) is 34.5 Å². The average molecular weight is 489 g/mol. The maximum atomic E-state index is 13.9. The normalized spacial score (nSPS) is 18.9. The number of allylic oxidation sites excluding steroid dienone is 3. The first-order valence-corrected chi connectivity index (χ1v) is 12.7. The van der Waals surface area contributed by atoms with Crippen LogP contribution in [0.4, 0.5) is 5.69 Å². The molecule has 2 aromatic rings. The summed E-state index contributed by atoms with van der Waals surface area (Å²) in [6, 6.07) is 15.1. The van der Waals surface area contributed by atoms with E-state index in [9.17, 15) is 9.59 Å². The minimum Gasteiger partial charge on any atom is -0.495 e. The van der Waals surface area contributed by atoms with Gasteiger partial charge in [0.15, 0.2) is 5.78 Å². The standard InChI is InChI=1S/C30H36N2O4/c1-6-7-16-36-24-14-10-8-12-20(24)27-26(29(34)32-21-13-9-11-15-25(21)35-5)19(2)31-22-17-30(3,4)18-23(33)28(22)27/h8-15,27,31H,6-7,16-18H2,1-5H3,(H,32,34)/t27-/m0/s1. The molecule has 190 valence electrons. The number of Topliss-reactive ketones (excluding diaryl/α,β-unsaturated/α-hetero) is 1. The monoisotopic (exact) mass is 488 g/mol. The third kappa shape index (κ3) is 5.18. The van der Waals surface area contributed by atoms with Crippen LogP contribution in [0.1, 0.15) is 64.9 Å². The second-order valence-electron chi connectivity index (χ2n) is 10.3. The lowest BCUT2D eigenvalue weighted by atomic mass is 9.68. The van der Waals surface area contributed by atoms with Crippen LogP contribution in [-0.2, 0) is 9.59 Å². The van der Waals surface area contributed by atoms with Crippen LogP contribution in [0, 0.1) is 5.41 Å². The fraction of sp³-hybridized carbons (Fsp3) is 0.400. The molecule has 0 saturated heterocycles. The molecule has 1 aliphatic carbocycles. The Bertz CT molecular complexity index is 1220. The number of hydrogen-bond acceptors (Lipinski definition) is 5. The minimum absolute atomic E-state index is 0.0669. The highest BCUT2D eigenvalue weighted by molar-refractivity contribution is 6.10. The quantitative estimate of drug-likeness (QED) is 0.438. The zero-order chi connectivity index (χ0) is 25.9. The van der Waals surface area contributed by atoms with Gasteiger partial charge in [0.25, 0.3) is 5.91 Å². The van der Waals surface area contributed by atoms with Gasteiger partial charge in [-0.15, -0.1) is 0 Å². The van der Waals surface area contributed by atoms with Gasteiger partial charge in [0.05, 0.1) is 25.3 Å². The van der Waals surface area contributed by atoms with E-state index >= 15 is 0 Å². The Labute approximate surface area is 213 Å². The van der Waals surface area contributed by atoms with Crippen molar-refractivity contribution in [1.82, 2.24) is 5.32 Å². The maximum Gasteiger partial charge on any atom is 0.254 e. The Kier molecular flexibility index (Phi) is 7.53. The SMILES string of the molecule is CCCCOc1ccccc1[C@H]1C(C(=O)Nc2ccccc2OC)=C(C)NC2=C1C(=O)CC(C)(C)C2. The number of para-hydroxylation sites is 3. The van der Waals surface area contributed by atoms with Crippen LogP contribution in [0.15, 0.2) is 71.1 Å². The summed E-state index contributed by atoms with van der Waals surface area (Å²) in [6.07, 6.45) is 3.12. The summed E-state index contributed by atoms with van der Waals surface area (Å²) in [5.74, 6) is 0.539. The van der Waals surface area contributed by atoms with E-state index in [4.69, 9.17) is 9.47 Å². The minimum atomic E-state index is -0.530. The van der Waals surface area contributed by atoms with Gasteiger partial charge in [-0.2, -0.15) is 0 Å². The lowest BCUT2D eigenvalue weighted by molar-refractivity contribution is -0.118. The van der Waals surface area contributed by atoms with Crippen molar-refractivity contribution in [2.24, 2.45) is 5.41 Å². The van der Waals surface area contributed by atoms with Crippen LogP contribution in [-0.4, -0.2) is 25.4 Å². The van der Waals surface area contributed by atoms with E-state index in [1.54, 1.807) is 19.2 Å². The van der Waals surface area contributed by atoms with Gasteiger partial charge in [-0.05, 0) is 43.4 Å². The molecular formula is C30H36N2O4. The predicted octanol–water partition coefficient (Wildman–Crippen LogP) is 6.12. The Morgan fingerprint density at radius 2 is 1.78 bits per heavy atom. The Balaban J connectivity index is 1.82. The summed E-state index contributed by atoms with van der Waals surface area (Å²) < 4.78 is 11.6. The molecule has 0 bridgehead atoms. The first-order chi connectivity index (χ1) is 17.3. The lowest BCUT2D eigenvalue weighted by Gasteiger charge is -2.40. The third-order valence-electron chi connectivity index (χ3n) is 6.82. The Morgan fingerprint density at radius 3 is 2.50 bits per heavy atom. The molecule has 36 heavy (non-hydrogen) atoms. The highest BCUT2D eigenvalue weighted by Gasteiger charge is 2.43. The molecule has 0 radical (unpaired) electrons. The van der Waals surface area contributed by atoms with E-state index in [1.165, 1.54) is 0 Å². The molecule has 0 aromatic heterocycles. The molecule has 6 heteroatoms. The number of carbonyl (C=O) groups is 2. The number of anilines is 1. The number of dihydropyridines is 1. The van der Waals surface area contributed by atoms with Crippen LogP contribution < -0.4 is 20.1 Å². The lowest BCUT2D eigenvalue weighted by Crippen LogP contribution is -2.39. The van der Waals surface area contributed by atoms with Gasteiger partial charge in [-0.25, -0.2) is 0 Å². The van der Waals surface area contributed by atoms with Gasteiger partial charge in [0.1, 0.15) is 11.5 Å². The average Bonchev–Trinajstić information content (AvgIpc) is 2.83. The molecule has 2 aromatic carbocycles. The molecule has 0 spiro atoms. The van der Waals surface area contributed by atoms with Gasteiger partial charge in [-0.1, -0.05) is 57.5 Å². The summed E-state index contributed by atoms with van der Waals surface area (Å²) in [5.41, 5.74) is 4.07. The zero-order valence-electron chi connectivity index (χ0n) is 21.9. The van der Waals surface area contributed by atoms with Crippen molar-refractivity contribution in [2.45, 2.75) is 59.3 Å². The second-order valence-corrected chi connectivity index (χ2v) is 10.3. The van der Waals surface area contributed by atoms with Crippen molar-refractivity contribution >= 4 is 17.4 Å². The number of ketones is 1. The van der Waals surface area contributed by atoms with Crippen molar-refractivity contribution < 1.29 is 19.1 Å². The van der Waals surface area contributed by atoms with Gasteiger partial charge in [-0.3, -0.25) is 9.59 Å². The van der Waals surface area contributed by atoms with Crippen LogP contribution in [0.5, 0.6) is 11.5 Å². The van der Waals surface area contributed by atoms with E-state index in [0.717, 1.165) is 36.2 Å². The zero-order valence-corrected chi connectivity index (χ0v) is 21.9. The van der Waals surface area contributed by atoms with Crippen molar-refractivity contribution in [2.75, 3.05) is 19.0 Å². The molecule has 1 heterocycles. The van der Waals surface area contributed by atoms with Crippen LogP contribution >= 0.6 is 0 Å². The number of amides is 1. The van der Waals surface area contributed by atoms with E-state index in [2.05, 4.69) is 31.4 Å². The molecule has 0 saturated carbocycles.